The van der Waals surface area contributed by atoms with Gasteiger partial charge >= 0.3 is 6.03 Å². The van der Waals surface area contributed by atoms with Crippen LogP contribution in [0.4, 0.5) is 4.79 Å². The number of carbonyl (C=O) groups is 3. The highest BCUT2D eigenvalue weighted by atomic mass is 16.2. The molecule has 1 aliphatic heterocycles. The van der Waals surface area contributed by atoms with Crippen LogP contribution in [0.25, 0.3) is 0 Å². The summed E-state index contributed by atoms with van der Waals surface area (Å²) >= 11 is 0. The molecule has 0 spiro atoms. The van der Waals surface area contributed by atoms with Gasteiger partial charge in [0.05, 0.1) is 0 Å². The molecule has 1 fully saturated rings. The maximum atomic E-state index is 12.8. The van der Waals surface area contributed by atoms with E-state index in [1.165, 1.54) is 0 Å². The van der Waals surface area contributed by atoms with Crippen molar-refractivity contribution in [3.05, 3.63) is 35.4 Å². The SMILES string of the molecule is CCC(C)(C)NC(=O)CN1C(=O)NC(C)(c2ccc(C)cc2)C1=O. The molecule has 0 saturated carbocycles. The fourth-order valence-corrected chi connectivity index (χ4v) is 2.57. The van der Waals surface area contributed by atoms with Crippen LogP contribution in [0.1, 0.15) is 45.2 Å². The standard InChI is InChI=1S/C18H25N3O3/c1-6-17(3,4)19-14(22)11-21-15(23)18(5,20-16(21)24)13-9-7-12(2)8-10-13/h7-10H,6,11H2,1-5H3,(H,19,22)(H,20,24). The first kappa shape index (κ1) is 18.0. The lowest BCUT2D eigenvalue weighted by molar-refractivity contribution is -0.135. The van der Waals surface area contributed by atoms with Crippen LogP contribution in [-0.2, 0) is 15.1 Å². The number of aryl methyl sites for hydroxylation is 1. The zero-order valence-corrected chi connectivity index (χ0v) is 14.9. The summed E-state index contributed by atoms with van der Waals surface area (Å²) in [5.74, 6) is -0.765. The van der Waals surface area contributed by atoms with Gasteiger partial charge in [-0.15, -0.1) is 0 Å². The molecule has 1 aliphatic rings. The fourth-order valence-electron chi connectivity index (χ4n) is 2.57. The van der Waals surface area contributed by atoms with Gasteiger partial charge in [0.1, 0.15) is 12.1 Å². The van der Waals surface area contributed by atoms with Crippen LogP contribution < -0.4 is 10.6 Å². The molecule has 6 nitrogen and oxygen atoms in total. The number of hydrogen-bond acceptors (Lipinski definition) is 3. The van der Waals surface area contributed by atoms with Crippen LogP contribution in [0.5, 0.6) is 0 Å². The Hall–Kier alpha value is -2.37. The summed E-state index contributed by atoms with van der Waals surface area (Å²) in [6, 6.07) is 6.86. The Morgan fingerprint density at radius 2 is 1.83 bits per heavy atom. The molecule has 6 heteroatoms. The monoisotopic (exact) mass is 331 g/mol. The summed E-state index contributed by atoms with van der Waals surface area (Å²) in [6.45, 7) is 9.08. The number of carbonyl (C=O) groups excluding carboxylic acids is 3. The van der Waals surface area contributed by atoms with Crippen LogP contribution in [0.15, 0.2) is 24.3 Å². The maximum Gasteiger partial charge on any atom is 0.325 e. The minimum Gasteiger partial charge on any atom is -0.350 e. The molecule has 1 atom stereocenters. The van der Waals surface area contributed by atoms with Crippen LogP contribution >= 0.6 is 0 Å². The lowest BCUT2D eigenvalue weighted by Crippen LogP contribution is -2.49. The average molecular weight is 331 g/mol. The number of benzene rings is 1. The summed E-state index contributed by atoms with van der Waals surface area (Å²) < 4.78 is 0. The molecule has 4 amide bonds. The quantitative estimate of drug-likeness (QED) is 0.811. The lowest BCUT2D eigenvalue weighted by atomic mass is 9.91. The molecular formula is C18H25N3O3. The molecular weight excluding hydrogens is 306 g/mol. The van der Waals surface area contributed by atoms with Gasteiger partial charge in [-0.25, -0.2) is 4.79 Å². The molecule has 1 saturated heterocycles. The summed E-state index contributed by atoms with van der Waals surface area (Å²) in [7, 11) is 0. The third-order valence-corrected chi connectivity index (χ3v) is 4.57. The first-order valence-electron chi connectivity index (χ1n) is 8.11. The first-order valence-corrected chi connectivity index (χ1v) is 8.11. The number of nitrogens with zero attached hydrogens (tertiary/aromatic N) is 1. The number of hydrogen-bond donors (Lipinski definition) is 2. The molecule has 1 aromatic carbocycles. The summed E-state index contributed by atoms with van der Waals surface area (Å²) in [5, 5.41) is 5.54. The average Bonchev–Trinajstić information content (AvgIpc) is 2.72. The van der Waals surface area contributed by atoms with Crippen LogP contribution in [0.3, 0.4) is 0 Å². The first-order chi connectivity index (χ1) is 11.1. The zero-order chi connectivity index (χ0) is 18.1. The van der Waals surface area contributed by atoms with E-state index in [9.17, 15) is 14.4 Å². The predicted molar refractivity (Wildman–Crippen MR) is 91.3 cm³/mol. The molecule has 0 bridgehead atoms. The Morgan fingerprint density at radius 1 is 1.25 bits per heavy atom. The number of urea groups is 1. The van der Waals surface area contributed by atoms with E-state index >= 15 is 0 Å². The number of rotatable bonds is 5. The van der Waals surface area contributed by atoms with E-state index in [4.69, 9.17) is 0 Å². The largest absolute Gasteiger partial charge is 0.350 e. The second kappa shape index (κ2) is 6.26. The number of amides is 4. The Kier molecular flexibility index (Phi) is 4.69. The fraction of sp³-hybridized carbons (Fsp3) is 0.500. The summed E-state index contributed by atoms with van der Waals surface area (Å²) in [5.41, 5.74) is 0.238. The summed E-state index contributed by atoms with van der Waals surface area (Å²) in [4.78, 5) is 38.1. The van der Waals surface area contributed by atoms with E-state index in [-0.39, 0.29) is 18.0 Å². The Labute approximate surface area is 142 Å². The van der Waals surface area contributed by atoms with Crippen molar-refractivity contribution in [1.29, 1.82) is 0 Å². The van der Waals surface area contributed by atoms with Gasteiger partial charge in [-0.2, -0.15) is 0 Å². The molecule has 1 heterocycles. The topological polar surface area (TPSA) is 78.5 Å². The van der Waals surface area contributed by atoms with E-state index in [0.29, 0.717) is 5.56 Å². The van der Waals surface area contributed by atoms with E-state index in [1.54, 1.807) is 6.92 Å². The van der Waals surface area contributed by atoms with E-state index < -0.39 is 17.5 Å². The molecule has 24 heavy (non-hydrogen) atoms. The van der Waals surface area contributed by atoms with Gasteiger partial charge in [-0.05, 0) is 39.7 Å². The van der Waals surface area contributed by atoms with Crippen molar-refractivity contribution in [3.63, 3.8) is 0 Å². The van der Waals surface area contributed by atoms with Crippen molar-refractivity contribution < 1.29 is 14.4 Å². The molecule has 1 unspecified atom stereocenters. The zero-order valence-electron chi connectivity index (χ0n) is 14.9. The Bertz CT molecular complexity index is 667. The van der Waals surface area contributed by atoms with Gasteiger partial charge < -0.3 is 10.6 Å². The number of imide groups is 1. The molecule has 130 valence electrons. The second-order valence-electron chi connectivity index (χ2n) is 7.10. The summed E-state index contributed by atoms with van der Waals surface area (Å²) in [6.07, 6.45) is 0.750. The molecule has 2 N–H and O–H groups in total. The number of nitrogens with one attached hydrogen (secondary N) is 2. The van der Waals surface area contributed by atoms with E-state index in [2.05, 4.69) is 10.6 Å². The van der Waals surface area contributed by atoms with Crippen molar-refractivity contribution in [1.82, 2.24) is 15.5 Å². The minimum atomic E-state index is -1.15. The van der Waals surface area contributed by atoms with Gasteiger partial charge in [0, 0.05) is 5.54 Å². The predicted octanol–water partition coefficient (Wildman–Crippen LogP) is 2.07. The minimum absolute atomic E-state index is 0.282. The highest BCUT2D eigenvalue weighted by Crippen LogP contribution is 2.28. The van der Waals surface area contributed by atoms with Gasteiger partial charge in [-0.3, -0.25) is 14.5 Å². The normalized spacial score (nSPS) is 21.0. The Morgan fingerprint density at radius 3 is 2.38 bits per heavy atom. The molecule has 0 radical (unpaired) electrons. The van der Waals surface area contributed by atoms with E-state index in [1.807, 2.05) is 52.0 Å². The third-order valence-electron chi connectivity index (χ3n) is 4.57. The highest BCUT2D eigenvalue weighted by Gasteiger charge is 2.49. The maximum absolute atomic E-state index is 12.8. The van der Waals surface area contributed by atoms with Crippen LogP contribution in [-0.4, -0.2) is 34.8 Å². The smallest absolute Gasteiger partial charge is 0.325 e. The Balaban J connectivity index is 2.17. The molecule has 1 aromatic rings. The molecule has 0 aromatic heterocycles. The molecule has 0 aliphatic carbocycles. The van der Waals surface area contributed by atoms with Crippen molar-refractivity contribution in [2.75, 3.05) is 6.54 Å². The van der Waals surface area contributed by atoms with Gasteiger partial charge in [0.25, 0.3) is 5.91 Å². The van der Waals surface area contributed by atoms with Crippen LogP contribution in [0.2, 0.25) is 0 Å². The van der Waals surface area contributed by atoms with E-state index in [0.717, 1.165) is 16.9 Å². The second-order valence-corrected chi connectivity index (χ2v) is 7.10. The lowest BCUT2D eigenvalue weighted by Gasteiger charge is -2.26. The van der Waals surface area contributed by atoms with Crippen molar-refractivity contribution in [2.45, 2.75) is 52.1 Å². The molecule has 2 rings (SSSR count). The third kappa shape index (κ3) is 3.42. The van der Waals surface area contributed by atoms with Gasteiger partial charge in [-0.1, -0.05) is 36.8 Å². The van der Waals surface area contributed by atoms with Gasteiger partial charge in [0.15, 0.2) is 0 Å². The highest BCUT2D eigenvalue weighted by molar-refractivity contribution is 6.09. The van der Waals surface area contributed by atoms with Gasteiger partial charge in [0.2, 0.25) is 5.91 Å². The van der Waals surface area contributed by atoms with Crippen molar-refractivity contribution >= 4 is 17.8 Å². The van der Waals surface area contributed by atoms with Crippen molar-refractivity contribution in [2.24, 2.45) is 0 Å². The van der Waals surface area contributed by atoms with Crippen molar-refractivity contribution in [3.8, 4) is 0 Å². The van der Waals surface area contributed by atoms with Crippen LogP contribution in [0, 0.1) is 6.92 Å².